The maximum atomic E-state index is 12.6. The zero-order valence-corrected chi connectivity index (χ0v) is 17.9. The van der Waals surface area contributed by atoms with Gasteiger partial charge in [-0.3, -0.25) is 9.59 Å². The minimum Gasteiger partial charge on any atom is -0.497 e. The number of allylic oxidation sites excluding steroid dienone is 1. The van der Waals surface area contributed by atoms with E-state index in [1.807, 2.05) is 26.0 Å². The van der Waals surface area contributed by atoms with E-state index in [1.165, 1.54) is 0 Å². The quantitative estimate of drug-likeness (QED) is 0.599. The highest BCUT2D eigenvalue weighted by molar-refractivity contribution is 6.14. The third-order valence-electron chi connectivity index (χ3n) is 4.77. The Balaban J connectivity index is 1.62. The highest BCUT2D eigenvalue weighted by atomic mass is 16.5. The first-order valence-electron chi connectivity index (χ1n) is 10.1. The van der Waals surface area contributed by atoms with E-state index in [4.69, 9.17) is 14.2 Å². The van der Waals surface area contributed by atoms with Crippen LogP contribution in [0.25, 0.3) is 6.08 Å². The number of Topliss-reactive ketones (excluding diaryl/α,β-unsaturated/α-hetero) is 1. The molecule has 0 radical (unpaired) electrons. The van der Waals surface area contributed by atoms with Crippen molar-refractivity contribution in [2.45, 2.75) is 26.3 Å². The highest BCUT2D eigenvalue weighted by Crippen LogP contribution is 2.35. The molecule has 1 aliphatic rings. The number of ketones is 1. The van der Waals surface area contributed by atoms with Crippen LogP contribution >= 0.6 is 0 Å². The molecule has 1 atom stereocenters. The molecule has 0 saturated carbocycles. The second-order valence-electron chi connectivity index (χ2n) is 7.74. The molecule has 2 aromatic carbocycles. The van der Waals surface area contributed by atoms with Gasteiger partial charge in [0.15, 0.2) is 12.4 Å². The summed E-state index contributed by atoms with van der Waals surface area (Å²) in [6.45, 7) is 3.72. The van der Waals surface area contributed by atoms with E-state index < -0.39 is 0 Å². The maximum Gasteiger partial charge on any atom is 0.258 e. The predicted octanol–water partition coefficient (Wildman–Crippen LogP) is 3.21. The summed E-state index contributed by atoms with van der Waals surface area (Å²) in [6, 6.07) is 11.8. The van der Waals surface area contributed by atoms with Crippen LogP contribution in [0.3, 0.4) is 0 Å². The molecular formula is C24H27NO6. The fraction of sp³-hybridized carbons (Fsp3) is 0.333. The predicted molar refractivity (Wildman–Crippen MR) is 116 cm³/mol. The minimum absolute atomic E-state index is 0.123. The van der Waals surface area contributed by atoms with Crippen LogP contribution in [-0.4, -0.2) is 43.2 Å². The molecule has 0 bridgehead atoms. The van der Waals surface area contributed by atoms with Gasteiger partial charge in [0, 0.05) is 6.07 Å². The van der Waals surface area contributed by atoms with Crippen LogP contribution in [-0.2, 0) is 4.79 Å². The molecule has 3 rings (SSSR count). The average molecular weight is 425 g/mol. The summed E-state index contributed by atoms with van der Waals surface area (Å²) in [5.74, 6) is 1.56. The van der Waals surface area contributed by atoms with Crippen LogP contribution in [0.5, 0.6) is 17.2 Å². The van der Waals surface area contributed by atoms with Gasteiger partial charge in [-0.1, -0.05) is 26.0 Å². The molecule has 0 aliphatic carbocycles. The number of hydrogen-bond acceptors (Lipinski definition) is 6. The molecule has 0 saturated heterocycles. The van der Waals surface area contributed by atoms with Gasteiger partial charge in [-0.2, -0.15) is 0 Å². The van der Waals surface area contributed by atoms with Gasteiger partial charge in [0.2, 0.25) is 5.78 Å². The Hall–Kier alpha value is -3.32. The molecule has 7 nitrogen and oxygen atoms in total. The van der Waals surface area contributed by atoms with Crippen molar-refractivity contribution < 1.29 is 28.9 Å². The van der Waals surface area contributed by atoms with E-state index in [0.717, 1.165) is 11.3 Å². The highest BCUT2D eigenvalue weighted by Gasteiger charge is 2.27. The van der Waals surface area contributed by atoms with Gasteiger partial charge in [-0.05, 0) is 48.2 Å². The number of aliphatic hydroxyl groups excluding tert-OH is 1. The number of rotatable bonds is 9. The maximum absolute atomic E-state index is 12.6. The van der Waals surface area contributed by atoms with Gasteiger partial charge in [0.1, 0.15) is 17.2 Å². The number of nitrogens with one attached hydrogen (secondary N) is 1. The van der Waals surface area contributed by atoms with E-state index in [-0.39, 0.29) is 36.7 Å². The van der Waals surface area contributed by atoms with E-state index in [1.54, 1.807) is 43.5 Å². The number of ether oxygens (including phenoxy) is 3. The second kappa shape index (κ2) is 10.1. The smallest absolute Gasteiger partial charge is 0.258 e. The normalized spacial score (nSPS) is 14.9. The summed E-state index contributed by atoms with van der Waals surface area (Å²) < 4.78 is 16.4. The standard InChI is InChI=1S/C24H27NO6/c1-15(2)10-17(13-26)25-23(27)14-30-19-8-9-20-21(12-19)31-22(24(20)28)11-16-4-6-18(29-3)7-5-16/h4-9,11-12,15,17,26H,10,13-14H2,1-3H3,(H,25,27)/b22-11-/t17-/m0/s1. The van der Waals surface area contributed by atoms with Gasteiger partial charge in [0.25, 0.3) is 5.91 Å². The molecule has 0 unspecified atom stereocenters. The van der Waals surface area contributed by atoms with Crippen molar-refractivity contribution in [3.63, 3.8) is 0 Å². The van der Waals surface area contributed by atoms with Gasteiger partial charge < -0.3 is 24.6 Å². The van der Waals surface area contributed by atoms with Crippen LogP contribution in [0.4, 0.5) is 0 Å². The van der Waals surface area contributed by atoms with Crippen molar-refractivity contribution in [1.82, 2.24) is 5.32 Å². The molecule has 1 amide bonds. The number of methoxy groups -OCH3 is 1. The summed E-state index contributed by atoms with van der Waals surface area (Å²) in [6.07, 6.45) is 2.35. The van der Waals surface area contributed by atoms with Gasteiger partial charge in [-0.25, -0.2) is 0 Å². The molecule has 164 valence electrons. The van der Waals surface area contributed by atoms with Crippen LogP contribution in [0.2, 0.25) is 0 Å². The lowest BCUT2D eigenvalue weighted by Gasteiger charge is -2.18. The lowest BCUT2D eigenvalue weighted by Crippen LogP contribution is -2.40. The Kier molecular flexibility index (Phi) is 7.31. The van der Waals surface area contributed by atoms with Crippen molar-refractivity contribution in [2.75, 3.05) is 20.3 Å². The van der Waals surface area contributed by atoms with Crippen molar-refractivity contribution in [3.05, 3.63) is 59.4 Å². The van der Waals surface area contributed by atoms with Crippen LogP contribution in [0.1, 0.15) is 36.2 Å². The Morgan fingerprint density at radius 3 is 2.52 bits per heavy atom. The molecule has 7 heteroatoms. The Morgan fingerprint density at radius 2 is 1.87 bits per heavy atom. The topological polar surface area (TPSA) is 94.1 Å². The van der Waals surface area contributed by atoms with Gasteiger partial charge in [-0.15, -0.1) is 0 Å². The third-order valence-corrected chi connectivity index (χ3v) is 4.77. The minimum atomic E-state index is -0.322. The summed E-state index contributed by atoms with van der Waals surface area (Å²) >= 11 is 0. The largest absolute Gasteiger partial charge is 0.497 e. The molecule has 2 N–H and O–H groups in total. The number of carbonyl (C=O) groups excluding carboxylic acids is 2. The second-order valence-corrected chi connectivity index (χ2v) is 7.74. The summed E-state index contributed by atoms with van der Waals surface area (Å²) in [5.41, 5.74) is 1.25. The lowest BCUT2D eigenvalue weighted by molar-refractivity contribution is -0.124. The van der Waals surface area contributed by atoms with Crippen molar-refractivity contribution in [1.29, 1.82) is 0 Å². The zero-order chi connectivity index (χ0) is 22.4. The number of benzene rings is 2. The van der Waals surface area contributed by atoms with Crippen molar-refractivity contribution >= 4 is 17.8 Å². The lowest BCUT2D eigenvalue weighted by atomic mass is 10.0. The van der Waals surface area contributed by atoms with E-state index in [2.05, 4.69) is 5.32 Å². The first-order chi connectivity index (χ1) is 14.9. The van der Waals surface area contributed by atoms with Gasteiger partial charge >= 0.3 is 0 Å². The number of amides is 1. The SMILES string of the molecule is COc1ccc(/C=C2\Oc3cc(OCC(=O)N[C@H](CO)CC(C)C)ccc3C2=O)cc1. The molecular weight excluding hydrogens is 398 g/mol. The summed E-state index contributed by atoms with van der Waals surface area (Å²) in [7, 11) is 1.59. The van der Waals surface area contributed by atoms with E-state index >= 15 is 0 Å². The number of aliphatic hydroxyl groups is 1. The zero-order valence-electron chi connectivity index (χ0n) is 17.9. The summed E-state index contributed by atoms with van der Waals surface area (Å²) in [5, 5.41) is 12.1. The Bertz CT molecular complexity index is 965. The van der Waals surface area contributed by atoms with Crippen molar-refractivity contribution in [3.8, 4) is 17.2 Å². The van der Waals surface area contributed by atoms with Crippen LogP contribution in [0.15, 0.2) is 48.2 Å². The Labute approximate surface area is 181 Å². The molecule has 0 spiro atoms. The number of hydrogen-bond donors (Lipinski definition) is 2. The first kappa shape index (κ1) is 22.4. The monoisotopic (exact) mass is 425 g/mol. The molecule has 2 aromatic rings. The third kappa shape index (κ3) is 5.86. The molecule has 1 aliphatic heterocycles. The van der Waals surface area contributed by atoms with Crippen LogP contribution < -0.4 is 19.5 Å². The molecule has 1 heterocycles. The average Bonchev–Trinajstić information content (AvgIpc) is 3.06. The fourth-order valence-electron chi connectivity index (χ4n) is 3.27. The van der Waals surface area contributed by atoms with Crippen molar-refractivity contribution in [2.24, 2.45) is 5.92 Å². The summed E-state index contributed by atoms with van der Waals surface area (Å²) in [4.78, 5) is 24.7. The Morgan fingerprint density at radius 1 is 1.16 bits per heavy atom. The van der Waals surface area contributed by atoms with E-state index in [0.29, 0.717) is 29.4 Å². The fourth-order valence-corrected chi connectivity index (χ4v) is 3.27. The number of carbonyl (C=O) groups is 2. The number of fused-ring (bicyclic) bond motifs is 1. The molecule has 0 fully saturated rings. The van der Waals surface area contributed by atoms with Gasteiger partial charge in [0.05, 0.1) is 25.3 Å². The van der Waals surface area contributed by atoms with E-state index in [9.17, 15) is 14.7 Å². The molecule has 31 heavy (non-hydrogen) atoms. The molecule has 0 aromatic heterocycles. The first-order valence-corrected chi connectivity index (χ1v) is 10.1. The van der Waals surface area contributed by atoms with Crippen LogP contribution in [0, 0.1) is 5.92 Å².